The Hall–Kier alpha value is -0.450. The molecule has 0 aliphatic carbocycles. The van der Waals surface area contributed by atoms with Gasteiger partial charge in [-0.2, -0.15) is 0 Å². The Labute approximate surface area is 102 Å². The molecule has 1 aromatic heterocycles. The maximum atomic E-state index is 4.19. The van der Waals surface area contributed by atoms with Crippen LogP contribution in [0.3, 0.4) is 0 Å². The first-order valence-electron chi connectivity index (χ1n) is 6.11. The maximum Gasteiger partial charge on any atom is 0.0794 e. The molecule has 1 fully saturated rings. The predicted molar refractivity (Wildman–Crippen MR) is 68.8 cm³/mol. The first kappa shape index (κ1) is 12.0. The molecule has 90 valence electrons. The third kappa shape index (κ3) is 2.62. The summed E-state index contributed by atoms with van der Waals surface area (Å²) in [6.07, 6.45) is 6.05. The first-order chi connectivity index (χ1) is 7.83. The highest BCUT2D eigenvalue weighted by Crippen LogP contribution is 2.29. The van der Waals surface area contributed by atoms with Gasteiger partial charge in [0.1, 0.15) is 0 Å². The molecule has 16 heavy (non-hydrogen) atoms. The zero-order valence-electron chi connectivity index (χ0n) is 10.1. The van der Waals surface area contributed by atoms with Gasteiger partial charge >= 0.3 is 0 Å². The summed E-state index contributed by atoms with van der Waals surface area (Å²) in [5.74, 6) is 0. The standard InChI is InChI=1S/C12H21N3S/c1-10(12-8-14-9-16-12)15-6-4-3-5-11(15)7-13-2/h8-11,13H,3-7H2,1-2H3. The number of nitrogens with zero attached hydrogens (tertiary/aromatic N) is 2. The Bertz CT molecular complexity index is 297. The van der Waals surface area contributed by atoms with Gasteiger partial charge in [0.05, 0.1) is 5.51 Å². The first-order valence-corrected chi connectivity index (χ1v) is 6.99. The lowest BCUT2D eigenvalue weighted by Gasteiger charge is -2.39. The molecule has 0 radical (unpaired) electrons. The third-order valence-corrected chi connectivity index (χ3v) is 4.42. The number of rotatable bonds is 4. The zero-order valence-corrected chi connectivity index (χ0v) is 11.0. The molecule has 3 nitrogen and oxygen atoms in total. The van der Waals surface area contributed by atoms with E-state index in [-0.39, 0.29) is 0 Å². The van der Waals surface area contributed by atoms with Crippen molar-refractivity contribution >= 4 is 11.3 Å². The van der Waals surface area contributed by atoms with E-state index in [1.54, 1.807) is 11.3 Å². The average Bonchev–Trinajstić information content (AvgIpc) is 2.83. The van der Waals surface area contributed by atoms with Crippen LogP contribution in [0.2, 0.25) is 0 Å². The summed E-state index contributed by atoms with van der Waals surface area (Å²) in [7, 11) is 2.05. The van der Waals surface area contributed by atoms with E-state index in [2.05, 4.69) is 22.1 Å². The summed E-state index contributed by atoms with van der Waals surface area (Å²) in [5.41, 5.74) is 1.93. The van der Waals surface area contributed by atoms with Crippen molar-refractivity contribution in [1.29, 1.82) is 0 Å². The molecule has 1 aliphatic heterocycles. The summed E-state index contributed by atoms with van der Waals surface area (Å²) in [6, 6.07) is 1.21. The Balaban J connectivity index is 2.04. The van der Waals surface area contributed by atoms with Crippen molar-refractivity contribution in [1.82, 2.24) is 15.2 Å². The quantitative estimate of drug-likeness (QED) is 0.873. The van der Waals surface area contributed by atoms with Crippen molar-refractivity contribution in [2.75, 3.05) is 20.1 Å². The Morgan fingerprint density at radius 1 is 1.62 bits per heavy atom. The van der Waals surface area contributed by atoms with Crippen LogP contribution in [0.25, 0.3) is 0 Å². The molecule has 0 bridgehead atoms. The fourth-order valence-corrected chi connectivity index (χ4v) is 3.28. The number of piperidine rings is 1. The minimum Gasteiger partial charge on any atom is -0.318 e. The molecule has 1 aliphatic rings. The minimum atomic E-state index is 0.520. The predicted octanol–water partition coefficient (Wildman–Crippen LogP) is 2.28. The molecule has 0 amide bonds. The second kappa shape index (κ2) is 5.75. The van der Waals surface area contributed by atoms with Gasteiger partial charge in [0, 0.05) is 29.7 Å². The van der Waals surface area contributed by atoms with Crippen LogP contribution in [0.15, 0.2) is 11.7 Å². The fraction of sp³-hybridized carbons (Fsp3) is 0.750. The lowest BCUT2D eigenvalue weighted by Crippen LogP contribution is -2.45. The number of hydrogen-bond donors (Lipinski definition) is 1. The molecule has 1 saturated heterocycles. The Morgan fingerprint density at radius 3 is 3.19 bits per heavy atom. The number of thiazole rings is 1. The second-order valence-corrected chi connectivity index (χ2v) is 5.44. The van der Waals surface area contributed by atoms with E-state index in [0.717, 1.165) is 6.54 Å². The minimum absolute atomic E-state index is 0.520. The second-order valence-electron chi connectivity index (χ2n) is 4.52. The van der Waals surface area contributed by atoms with Gasteiger partial charge in [-0.3, -0.25) is 9.88 Å². The average molecular weight is 239 g/mol. The van der Waals surface area contributed by atoms with E-state index >= 15 is 0 Å². The summed E-state index contributed by atoms with van der Waals surface area (Å²) in [6.45, 7) is 4.63. The van der Waals surface area contributed by atoms with Crippen molar-refractivity contribution in [2.45, 2.75) is 38.3 Å². The lowest BCUT2D eigenvalue weighted by molar-refractivity contribution is 0.105. The van der Waals surface area contributed by atoms with Crippen LogP contribution in [0.5, 0.6) is 0 Å². The van der Waals surface area contributed by atoms with Crippen LogP contribution in [0.1, 0.15) is 37.1 Å². The van der Waals surface area contributed by atoms with Crippen molar-refractivity contribution in [3.05, 3.63) is 16.6 Å². The number of likely N-dealkylation sites (N-methyl/N-ethyl adjacent to an activating group) is 1. The monoisotopic (exact) mass is 239 g/mol. The van der Waals surface area contributed by atoms with Gasteiger partial charge in [0.2, 0.25) is 0 Å². The summed E-state index contributed by atoms with van der Waals surface area (Å²) >= 11 is 1.77. The van der Waals surface area contributed by atoms with E-state index in [1.165, 1.54) is 30.7 Å². The van der Waals surface area contributed by atoms with E-state index in [4.69, 9.17) is 0 Å². The van der Waals surface area contributed by atoms with E-state index in [0.29, 0.717) is 12.1 Å². The van der Waals surface area contributed by atoms with Crippen molar-refractivity contribution in [2.24, 2.45) is 0 Å². The maximum absolute atomic E-state index is 4.19. The molecule has 1 N–H and O–H groups in total. The molecule has 0 aromatic carbocycles. The van der Waals surface area contributed by atoms with Crippen molar-refractivity contribution in [3.63, 3.8) is 0 Å². The molecule has 0 saturated carbocycles. The highest BCUT2D eigenvalue weighted by molar-refractivity contribution is 7.09. The van der Waals surface area contributed by atoms with E-state index in [9.17, 15) is 0 Å². The van der Waals surface area contributed by atoms with Gasteiger partial charge in [-0.15, -0.1) is 11.3 Å². The van der Waals surface area contributed by atoms with Crippen LogP contribution in [-0.2, 0) is 0 Å². The van der Waals surface area contributed by atoms with Gasteiger partial charge in [-0.05, 0) is 33.4 Å². The largest absolute Gasteiger partial charge is 0.318 e. The molecular weight excluding hydrogens is 218 g/mol. The van der Waals surface area contributed by atoms with Crippen LogP contribution in [0, 0.1) is 0 Å². The Kier molecular flexibility index (Phi) is 4.32. The Morgan fingerprint density at radius 2 is 2.50 bits per heavy atom. The molecule has 1 aromatic rings. The number of aromatic nitrogens is 1. The van der Waals surface area contributed by atoms with Gasteiger partial charge in [0.15, 0.2) is 0 Å². The number of hydrogen-bond acceptors (Lipinski definition) is 4. The fourth-order valence-electron chi connectivity index (χ4n) is 2.58. The van der Waals surface area contributed by atoms with Crippen LogP contribution in [-0.4, -0.2) is 36.1 Å². The summed E-state index contributed by atoms with van der Waals surface area (Å²) in [4.78, 5) is 8.21. The van der Waals surface area contributed by atoms with Crippen molar-refractivity contribution in [3.8, 4) is 0 Å². The van der Waals surface area contributed by atoms with Gasteiger partial charge < -0.3 is 5.32 Å². The normalized spacial score (nSPS) is 24.5. The highest BCUT2D eigenvalue weighted by Gasteiger charge is 2.27. The molecule has 4 heteroatoms. The van der Waals surface area contributed by atoms with Gasteiger partial charge in [-0.25, -0.2) is 0 Å². The SMILES string of the molecule is CNCC1CCCCN1C(C)c1cncs1. The molecular formula is C12H21N3S. The molecule has 0 spiro atoms. The van der Waals surface area contributed by atoms with Gasteiger partial charge in [-0.1, -0.05) is 6.42 Å². The highest BCUT2D eigenvalue weighted by atomic mass is 32.1. The zero-order chi connectivity index (χ0) is 11.4. The number of nitrogens with one attached hydrogen (secondary N) is 1. The molecule has 2 unspecified atom stereocenters. The van der Waals surface area contributed by atoms with Crippen molar-refractivity contribution < 1.29 is 0 Å². The lowest BCUT2D eigenvalue weighted by atomic mass is 9.99. The molecule has 2 atom stereocenters. The topological polar surface area (TPSA) is 28.2 Å². The van der Waals surface area contributed by atoms with E-state index < -0.39 is 0 Å². The number of likely N-dealkylation sites (tertiary alicyclic amines) is 1. The third-order valence-electron chi connectivity index (χ3n) is 3.47. The molecule has 2 rings (SSSR count). The van der Waals surface area contributed by atoms with Crippen LogP contribution in [0.4, 0.5) is 0 Å². The van der Waals surface area contributed by atoms with Crippen LogP contribution >= 0.6 is 11.3 Å². The van der Waals surface area contributed by atoms with Crippen LogP contribution < -0.4 is 5.32 Å². The smallest absolute Gasteiger partial charge is 0.0794 e. The summed E-state index contributed by atoms with van der Waals surface area (Å²) < 4.78 is 0. The summed E-state index contributed by atoms with van der Waals surface area (Å²) in [5, 5.41) is 3.31. The van der Waals surface area contributed by atoms with Gasteiger partial charge in [0.25, 0.3) is 0 Å². The van der Waals surface area contributed by atoms with E-state index in [1.807, 2.05) is 18.8 Å². The molecule has 2 heterocycles.